The molecule has 0 aromatic rings. The normalized spacial score (nSPS) is 21.6. The predicted molar refractivity (Wildman–Crippen MR) is 85.3 cm³/mol. The molecular weight excluding hydrogens is 264 g/mol. The van der Waals surface area contributed by atoms with Gasteiger partial charge in [-0.1, -0.05) is 44.4 Å². The van der Waals surface area contributed by atoms with Crippen molar-refractivity contribution in [2.24, 2.45) is 11.7 Å². The second-order valence-corrected chi connectivity index (χ2v) is 5.57. The van der Waals surface area contributed by atoms with E-state index in [0.29, 0.717) is 12.5 Å². The number of rotatable bonds is 5. The Bertz CT molecular complexity index is 517. The number of nitrogens with zero attached hydrogens (tertiary/aromatic N) is 1. The van der Waals surface area contributed by atoms with E-state index in [4.69, 9.17) is 5.73 Å². The molecule has 1 aliphatic carbocycles. The third-order valence-electron chi connectivity index (χ3n) is 3.82. The molecule has 2 N–H and O–H groups in total. The van der Waals surface area contributed by atoms with Gasteiger partial charge >= 0.3 is 11.8 Å². The van der Waals surface area contributed by atoms with Gasteiger partial charge in [0, 0.05) is 6.54 Å². The summed E-state index contributed by atoms with van der Waals surface area (Å²) in [7, 11) is 0. The third kappa shape index (κ3) is 3.72. The molecule has 0 saturated carbocycles. The van der Waals surface area contributed by atoms with Crippen LogP contribution in [0.4, 0.5) is 0 Å². The lowest BCUT2D eigenvalue weighted by Gasteiger charge is -2.37. The van der Waals surface area contributed by atoms with Crippen molar-refractivity contribution in [2.75, 3.05) is 6.54 Å². The SMILES string of the molecule is C=CC1=C(C=C)C(N(CC(=C)C)C(=O)C(N)=O)CCC1C. The molecule has 1 aliphatic rings. The number of primary amides is 1. The number of carbonyl (C=O) groups is 2. The molecule has 2 unspecified atom stereocenters. The van der Waals surface area contributed by atoms with Gasteiger partial charge in [0.1, 0.15) is 0 Å². The Morgan fingerprint density at radius 1 is 1.29 bits per heavy atom. The van der Waals surface area contributed by atoms with E-state index >= 15 is 0 Å². The Morgan fingerprint density at radius 3 is 2.29 bits per heavy atom. The van der Waals surface area contributed by atoms with Crippen LogP contribution in [0, 0.1) is 5.92 Å². The van der Waals surface area contributed by atoms with Crippen molar-refractivity contribution >= 4 is 11.8 Å². The molecule has 0 aromatic carbocycles. The first-order chi connectivity index (χ1) is 9.83. The topological polar surface area (TPSA) is 63.4 Å². The monoisotopic (exact) mass is 288 g/mol. The molecule has 0 aliphatic heterocycles. The lowest BCUT2D eigenvalue weighted by Crippen LogP contribution is -2.49. The van der Waals surface area contributed by atoms with Gasteiger partial charge in [-0.3, -0.25) is 9.59 Å². The quantitative estimate of drug-likeness (QED) is 0.623. The number of hydrogen-bond acceptors (Lipinski definition) is 2. The zero-order chi connectivity index (χ0) is 16.2. The van der Waals surface area contributed by atoms with Gasteiger partial charge < -0.3 is 10.6 Å². The van der Waals surface area contributed by atoms with E-state index in [1.54, 1.807) is 6.08 Å². The fraction of sp³-hybridized carbons (Fsp3) is 0.412. The van der Waals surface area contributed by atoms with Crippen molar-refractivity contribution in [3.05, 3.63) is 48.6 Å². The fourth-order valence-corrected chi connectivity index (χ4v) is 2.85. The van der Waals surface area contributed by atoms with Crippen LogP contribution < -0.4 is 5.73 Å². The van der Waals surface area contributed by atoms with Crippen LogP contribution >= 0.6 is 0 Å². The van der Waals surface area contributed by atoms with E-state index in [1.807, 2.05) is 13.0 Å². The lowest BCUT2D eigenvalue weighted by atomic mass is 9.80. The first-order valence-electron chi connectivity index (χ1n) is 7.07. The van der Waals surface area contributed by atoms with Crippen molar-refractivity contribution in [3.63, 3.8) is 0 Å². The van der Waals surface area contributed by atoms with Crippen LogP contribution in [0.1, 0.15) is 26.7 Å². The smallest absolute Gasteiger partial charge is 0.312 e. The third-order valence-corrected chi connectivity index (χ3v) is 3.82. The van der Waals surface area contributed by atoms with Crippen molar-refractivity contribution in [2.45, 2.75) is 32.7 Å². The molecule has 0 spiro atoms. The summed E-state index contributed by atoms with van der Waals surface area (Å²) in [6.45, 7) is 15.8. The van der Waals surface area contributed by atoms with Crippen molar-refractivity contribution < 1.29 is 9.59 Å². The highest BCUT2D eigenvalue weighted by molar-refractivity contribution is 6.34. The second-order valence-electron chi connectivity index (χ2n) is 5.57. The lowest BCUT2D eigenvalue weighted by molar-refractivity contribution is -0.145. The average molecular weight is 288 g/mol. The number of nitrogens with two attached hydrogens (primary N) is 1. The van der Waals surface area contributed by atoms with Crippen LogP contribution in [0.25, 0.3) is 0 Å². The zero-order valence-electron chi connectivity index (χ0n) is 12.9. The summed E-state index contributed by atoms with van der Waals surface area (Å²) in [4.78, 5) is 25.0. The zero-order valence-corrected chi connectivity index (χ0v) is 12.9. The molecular formula is C17H24N2O2. The molecule has 0 heterocycles. The molecule has 0 bridgehead atoms. The number of allylic oxidation sites excluding steroid dienone is 2. The number of amides is 2. The molecule has 2 amide bonds. The van der Waals surface area contributed by atoms with Crippen molar-refractivity contribution in [1.82, 2.24) is 4.90 Å². The van der Waals surface area contributed by atoms with Crippen LogP contribution in [0.2, 0.25) is 0 Å². The van der Waals surface area contributed by atoms with Crippen LogP contribution in [-0.2, 0) is 9.59 Å². The number of hydrogen-bond donors (Lipinski definition) is 1. The number of carbonyl (C=O) groups excluding carboxylic acids is 2. The van der Waals surface area contributed by atoms with E-state index in [-0.39, 0.29) is 6.04 Å². The highest BCUT2D eigenvalue weighted by Gasteiger charge is 2.33. The average Bonchev–Trinajstić information content (AvgIpc) is 2.43. The molecule has 0 saturated heterocycles. The molecule has 1 rings (SSSR count). The molecule has 0 aromatic heterocycles. The summed E-state index contributed by atoms with van der Waals surface area (Å²) in [5.41, 5.74) is 8.00. The van der Waals surface area contributed by atoms with Gasteiger partial charge in [0.15, 0.2) is 0 Å². The molecule has 4 heteroatoms. The molecule has 21 heavy (non-hydrogen) atoms. The van der Waals surface area contributed by atoms with E-state index < -0.39 is 11.8 Å². The summed E-state index contributed by atoms with van der Waals surface area (Å²) in [6.07, 6.45) is 5.24. The Morgan fingerprint density at radius 2 is 1.86 bits per heavy atom. The van der Waals surface area contributed by atoms with Gasteiger partial charge in [0.25, 0.3) is 0 Å². The van der Waals surface area contributed by atoms with Gasteiger partial charge in [-0.25, -0.2) is 0 Å². The maximum absolute atomic E-state index is 12.1. The summed E-state index contributed by atoms with van der Waals surface area (Å²) >= 11 is 0. The Kier molecular flexibility index (Phi) is 5.70. The summed E-state index contributed by atoms with van der Waals surface area (Å²) in [5, 5.41) is 0. The van der Waals surface area contributed by atoms with Crippen molar-refractivity contribution in [1.29, 1.82) is 0 Å². The standard InChI is InChI=1S/C17H24N2O2/c1-6-13-12(5)8-9-15(14(13)7-2)19(10-11(3)4)17(21)16(18)20/h6-7,12,15H,1-3,8-10H2,4-5H3,(H2,18,20). The van der Waals surface area contributed by atoms with E-state index in [2.05, 4.69) is 26.7 Å². The van der Waals surface area contributed by atoms with Gasteiger partial charge in [-0.2, -0.15) is 0 Å². The Hall–Kier alpha value is -2.10. The molecule has 0 radical (unpaired) electrons. The highest BCUT2D eigenvalue weighted by atomic mass is 16.2. The highest BCUT2D eigenvalue weighted by Crippen LogP contribution is 2.34. The molecule has 114 valence electrons. The minimum atomic E-state index is -0.946. The summed E-state index contributed by atoms with van der Waals surface area (Å²) in [6, 6.07) is -0.205. The first kappa shape index (κ1) is 17.0. The largest absolute Gasteiger partial charge is 0.361 e. The van der Waals surface area contributed by atoms with Gasteiger partial charge in [0.2, 0.25) is 0 Å². The van der Waals surface area contributed by atoms with E-state index in [0.717, 1.165) is 29.6 Å². The minimum absolute atomic E-state index is 0.205. The predicted octanol–water partition coefficient (Wildman–Crippen LogP) is 2.34. The molecule has 0 fully saturated rings. The maximum atomic E-state index is 12.1. The van der Waals surface area contributed by atoms with Gasteiger partial charge in [-0.05, 0) is 36.8 Å². The van der Waals surface area contributed by atoms with Crippen LogP contribution in [0.5, 0.6) is 0 Å². The van der Waals surface area contributed by atoms with Gasteiger partial charge in [0.05, 0.1) is 6.04 Å². The van der Waals surface area contributed by atoms with Crippen LogP contribution in [-0.4, -0.2) is 29.3 Å². The first-order valence-corrected chi connectivity index (χ1v) is 7.07. The summed E-state index contributed by atoms with van der Waals surface area (Å²) < 4.78 is 0. The Labute approximate surface area is 126 Å². The maximum Gasteiger partial charge on any atom is 0.312 e. The van der Waals surface area contributed by atoms with Crippen LogP contribution in [0.3, 0.4) is 0 Å². The van der Waals surface area contributed by atoms with Gasteiger partial charge in [-0.15, -0.1) is 0 Å². The fourth-order valence-electron chi connectivity index (χ4n) is 2.85. The van der Waals surface area contributed by atoms with E-state index in [1.165, 1.54) is 4.90 Å². The molecule has 2 atom stereocenters. The second kappa shape index (κ2) is 7.07. The van der Waals surface area contributed by atoms with E-state index in [9.17, 15) is 9.59 Å². The van der Waals surface area contributed by atoms with Crippen molar-refractivity contribution in [3.8, 4) is 0 Å². The van der Waals surface area contributed by atoms with Crippen LogP contribution in [0.15, 0.2) is 48.6 Å². The Balaban J connectivity index is 3.28. The molecule has 4 nitrogen and oxygen atoms in total. The minimum Gasteiger partial charge on any atom is -0.361 e. The summed E-state index contributed by atoms with van der Waals surface area (Å²) in [5.74, 6) is -1.26.